The van der Waals surface area contributed by atoms with Gasteiger partial charge in [0.15, 0.2) is 5.82 Å². The van der Waals surface area contributed by atoms with E-state index in [1.807, 2.05) is 12.1 Å². The summed E-state index contributed by atoms with van der Waals surface area (Å²) in [5, 5.41) is 14.9. The van der Waals surface area contributed by atoms with Gasteiger partial charge >= 0.3 is 0 Å². The molecular formula is C21H19N5. The van der Waals surface area contributed by atoms with Gasteiger partial charge in [-0.1, -0.05) is 36.4 Å². The molecule has 2 bridgehead atoms. The lowest BCUT2D eigenvalue weighted by Crippen LogP contribution is -2.05. The van der Waals surface area contributed by atoms with Crippen LogP contribution in [0.2, 0.25) is 0 Å². The van der Waals surface area contributed by atoms with Crippen molar-refractivity contribution in [3.63, 3.8) is 0 Å². The van der Waals surface area contributed by atoms with Gasteiger partial charge in [0.05, 0.1) is 0 Å². The molecule has 1 aliphatic carbocycles. The van der Waals surface area contributed by atoms with Gasteiger partial charge in [-0.2, -0.15) is 10.3 Å². The molecule has 128 valence electrons. The highest BCUT2D eigenvalue weighted by molar-refractivity contribution is 5.82. The summed E-state index contributed by atoms with van der Waals surface area (Å²) in [6.07, 6.45) is 7.08. The standard InChI is InChI=1S/C21H19N5/c22-18-11-10-15-12-14(18)9-8-13-4-1-2-5-16(13)17-6-3-7-19(17)23-21-20(15)24-26-25-21/h1-5,7,10-12H,6,8-9,22H2,(H2,23,24,25,26). The first-order valence-electron chi connectivity index (χ1n) is 8.84. The Bertz CT molecular complexity index is 1060. The SMILES string of the molecule is Nc1ccc2cc1CCc1ccccc1C1=C(C=CC1)Nc1n[nH]nc1-2. The van der Waals surface area contributed by atoms with Gasteiger partial charge in [-0.15, -0.1) is 5.10 Å². The molecule has 5 rings (SSSR count). The first kappa shape index (κ1) is 15.0. The number of hydrogen-bond acceptors (Lipinski definition) is 4. The monoisotopic (exact) mass is 341 g/mol. The van der Waals surface area contributed by atoms with Crippen molar-refractivity contribution in [3.8, 4) is 11.3 Å². The molecule has 3 aromatic rings. The van der Waals surface area contributed by atoms with Crippen LogP contribution in [0.3, 0.4) is 0 Å². The summed E-state index contributed by atoms with van der Waals surface area (Å²) in [5.74, 6) is 0.734. The van der Waals surface area contributed by atoms with Crippen molar-refractivity contribution in [2.75, 3.05) is 11.1 Å². The van der Waals surface area contributed by atoms with Crippen LogP contribution < -0.4 is 11.1 Å². The number of allylic oxidation sites excluding steroid dienone is 3. The third-order valence-electron chi connectivity index (χ3n) is 5.16. The van der Waals surface area contributed by atoms with Gasteiger partial charge in [0.2, 0.25) is 0 Å². The summed E-state index contributed by atoms with van der Waals surface area (Å²) < 4.78 is 0. The summed E-state index contributed by atoms with van der Waals surface area (Å²) >= 11 is 0. The zero-order chi connectivity index (χ0) is 17.5. The molecule has 1 aliphatic heterocycles. The number of fused-ring (bicyclic) bond motifs is 6. The maximum Gasteiger partial charge on any atom is 0.180 e. The number of rotatable bonds is 0. The van der Waals surface area contributed by atoms with Gasteiger partial charge in [0, 0.05) is 16.9 Å². The Balaban J connectivity index is 1.73. The van der Waals surface area contributed by atoms with Gasteiger partial charge in [0.25, 0.3) is 0 Å². The van der Waals surface area contributed by atoms with Crippen LogP contribution in [0.5, 0.6) is 0 Å². The number of hydrogen-bond donors (Lipinski definition) is 3. The lowest BCUT2D eigenvalue weighted by molar-refractivity contribution is 0.942. The summed E-state index contributed by atoms with van der Waals surface area (Å²) in [6, 6.07) is 14.7. The Morgan fingerprint density at radius 3 is 2.81 bits per heavy atom. The first-order chi connectivity index (χ1) is 12.8. The molecule has 0 fully saturated rings. The molecule has 0 atom stereocenters. The first-order valence-corrected chi connectivity index (χ1v) is 8.84. The number of nitrogens with one attached hydrogen (secondary N) is 2. The number of aryl methyl sites for hydroxylation is 2. The Kier molecular flexibility index (Phi) is 3.38. The predicted octanol–water partition coefficient (Wildman–Crippen LogP) is 3.94. The van der Waals surface area contributed by atoms with Crippen LogP contribution in [-0.4, -0.2) is 15.4 Å². The number of benzene rings is 2. The lowest BCUT2D eigenvalue weighted by Gasteiger charge is -2.16. The Morgan fingerprint density at radius 2 is 1.85 bits per heavy atom. The van der Waals surface area contributed by atoms with Gasteiger partial charge in [-0.3, -0.25) is 0 Å². The average molecular weight is 341 g/mol. The van der Waals surface area contributed by atoms with Gasteiger partial charge in [-0.05, 0) is 59.7 Å². The van der Waals surface area contributed by atoms with Crippen molar-refractivity contribution < 1.29 is 0 Å². The minimum absolute atomic E-state index is 0.734. The van der Waals surface area contributed by atoms with Gasteiger partial charge in [-0.25, -0.2) is 0 Å². The molecule has 0 saturated carbocycles. The number of H-pyrrole nitrogens is 1. The van der Waals surface area contributed by atoms with Crippen molar-refractivity contribution in [1.29, 1.82) is 0 Å². The Hall–Kier alpha value is -3.34. The van der Waals surface area contributed by atoms with Crippen molar-refractivity contribution in [1.82, 2.24) is 15.4 Å². The maximum absolute atomic E-state index is 6.24. The molecule has 5 nitrogen and oxygen atoms in total. The fourth-order valence-electron chi connectivity index (χ4n) is 3.80. The van der Waals surface area contributed by atoms with Crippen molar-refractivity contribution >= 4 is 17.1 Å². The van der Waals surface area contributed by atoms with Crippen molar-refractivity contribution in [2.45, 2.75) is 19.3 Å². The molecule has 4 N–H and O–H groups in total. The van der Waals surface area contributed by atoms with Crippen molar-refractivity contribution in [2.24, 2.45) is 0 Å². The highest BCUT2D eigenvalue weighted by atomic mass is 15.4. The van der Waals surface area contributed by atoms with Gasteiger partial charge < -0.3 is 11.1 Å². The van der Waals surface area contributed by atoms with E-state index in [-0.39, 0.29) is 0 Å². The number of aromatic nitrogens is 3. The van der Waals surface area contributed by atoms with Crippen LogP contribution >= 0.6 is 0 Å². The number of anilines is 2. The normalized spacial score (nSPS) is 15.4. The molecular weight excluding hydrogens is 322 g/mol. The molecule has 0 radical (unpaired) electrons. The molecule has 26 heavy (non-hydrogen) atoms. The molecule has 2 aliphatic rings. The van der Waals surface area contributed by atoms with Crippen LogP contribution in [0.15, 0.2) is 60.3 Å². The van der Waals surface area contributed by atoms with E-state index in [0.717, 1.165) is 53.3 Å². The molecule has 2 aromatic carbocycles. The van der Waals surface area contributed by atoms with Crippen LogP contribution in [0.1, 0.15) is 23.1 Å². The maximum atomic E-state index is 6.24. The molecule has 0 amide bonds. The quantitative estimate of drug-likeness (QED) is 0.541. The number of nitrogens with zero attached hydrogens (tertiary/aromatic N) is 2. The molecule has 2 heterocycles. The third-order valence-corrected chi connectivity index (χ3v) is 5.16. The van der Waals surface area contributed by atoms with E-state index in [9.17, 15) is 0 Å². The summed E-state index contributed by atoms with van der Waals surface area (Å²) in [7, 11) is 0. The molecule has 0 spiro atoms. The number of nitrogen functional groups attached to an aromatic ring is 1. The summed E-state index contributed by atoms with van der Waals surface area (Å²) in [4.78, 5) is 0. The fraction of sp³-hybridized carbons (Fsp3) is 0.143. The van der Waals surface area contributed by atoms with E-state index in [1.165, 1.54) is 16.7 Å². The van der Waals surface area contributed by atoms with Crippen molar-refractivity contribution in [3.05, 3.63) is 77.0 Å². The fourth-order valence-corrected chi connectivity index (χ4v) is 3.80. The highest BCUT2D eigenvalue weighted by Crippen LogP contribution is 2.35. The van der Waals surface area contributed by atoms with E-state index >= 15 is 0 Å². The summed E-state index contributed by atoms with van der Waals surface area (Å²) in [6.45, 7) is 0. The topological polar surface area (TPSA) is 79.6 Å². The van der Waals surface area contributed by atoms with Crippen LogP contribution in [0.4, 0.5) is 11.5 Å². The molecule has 0 unspecified atom stereocenters. The van der Waals surface area contributed by atoms with E-state index in [2.05, 4.69) is 63.2 Å². The minimum Gasteiger partial charge on any atom is -0.399 e. The van der Waals surface area contributed by atoms with E-state index in [4.69, 9.17) is 5.73 Å². The lowest BCUT2D eigenvalue weighted by atomic mass is 9.92. The van der Waals surface area contributed by atoms with Crippen LogP contribution in [0.25, 0.3) is 16.8 Å². The summed E-state index contributed by atoms with van der Waals surface area (Å²) in [5.41, 5.74) is 15.1. The van der Waals surface area contributed by atoms with E-state index < -0.39 is 0 Å². The van der Waals surface area contributed by atoms with Gasteiger partial charge in [0.1, 0.15) is 5.69 Å². The second kappa shape index (κ2) is 5.88. The second-order valence-corrected chi connectivity index (χ2v) is 6.72. The predicted molar refractivity (Wildman–Crippen MR) is 104 cm³/mol. The van der Waals surface area contributed by atoms with Crippen LogP contribution in [-0.2, 0) is 12.8 Å². The number of aromatic amines is 1. The second-order valence-electron chi connectivity index (χ2n) is 6.72. The molecule has 1 aromatic heterocycles. The molecule has 0 saturated heterocycles. The zero-order valence-corrected chi connectivity index (χ0v) is 14.3. The smallest absolute Gasteiger partial charge is 0.180 e. The third kappa shape index (κ3) is 2.40. The Labute approximate surface area is 151 Å². The largest absolute Gasteiger partial charge is 0.399 e. The van der Waals surface area contributed by atoms with E-state index in [0.29, 0.717) is 0 Å². The number of nitrogens with two attached hydrogens (primary N) is 1. The zero-order valence-electron chi connectivity index (χ0n) is 14.3. The molecule has 5 heteroatoms. The Morgan fingerprint density at radius 1 is 0.962 bits per heavy atom. The van der Waals surface area contributed by atoms with E-state index in [1.54, 1.807) is 0 Å². The average Bonchev–Trinajstić information content (AvgIpc) is 3.30. The highest BCUT2D eigenvalue weighted by Gasteiger charge is 2.19. The van der Waals surface area contributed by atoms with Crippen LogP contribution in [0, 0.1) is 0 Å². The minimum atomic E-state index is 0.734.